The second-order valence-corrected chi connectivity index (χ2v) is 7.10. The van der Waals surface area contributed by atoms with E-state index in [0.717, 1.165) is 22.5 Å². The maximum Gasteiger partial charge on any atom is 0.251 e. The Hall–Kier alpha value is -0.770. The molecule has 2 aliphatic rings. The number of H-pyrrole nitrogens is 1. The van der Waals surface area contributed by atoms with Gasteiger partial charge in [-0.15, -0.1) is 0 Å². The van der Waals surface area contributed by atoms with E-state index in [2.05, 4.69) is 4.98 Å². The molecule has 104 valence electrons. The number of hydrogen-bond acceptors (Lipinski definition) is 3. The maximum atomic E-state index is 11.8. The Labute approximate surface area is 118 Å². The predicted octanol–water partition coefficient (Wildman–Crippen LogP) is 3.60. The Kier molecular flexibility index (Phi) is 4.26. The summed E-state index contributed by atoms with van der Waals surface area (Å²) in [6.45, 7) is 0. The Morgan fingerprint density at radius 2 is 1.84 bits per heavy atom. The molecule has 0 spiro atoms. The quantitative estimate of drug-likeness (QED) is 0.915. The summed E-state index contributed by atoms with van der Waals surface area (Å²) in [5, 5.41) is 0.778. The average molecular weight is 278 g/mol. The van der Waals surface area contributed by atoms with Crippen LogP contribution in [0.4, 0.5) is 0 Å². The molecule has 1 N–H and O–H groups in total. The highest BCUT2D eigenvalue weighted by molar-refractivity contribution is 7.99. The fourth-order valence-electron chi connectivity index (χ4n) is 3.28. The summed E-state index contributed by atoms with van der Waals surface area (Å²) in [4.78, 5) is 19.4. The molecule has 1 aromatic rings. The van der Waals surface area contributed by atoms with Crippen LogP contribution < -0.4 is 5.56 Å². The summed E-state index contributed by atoms with van der Waals surface area (Å²) < 4.78 is 0. The average Bonchev–Trinajstić information content (AvgIpc) is 3.09. The molecule has 0 aromatic carbocycles. The van der Waals surface area contributed by atoms with Gasteiger partial charge in [-0.2, -0.15) is 11.8 Å². The molecule has 3 rings (SSSR count). The van der Waals surface area contributed by atoms with Gasteiger partial charge in [-0.1, -0.05) is 25.7 Å². The number of thioether (sulfide) groups is 1. The van der Waals surface area contributed by atoms with Crippen molar-refractivity contribution in [2.75, 3.05) is 0 Å². The van der Waals surface area contributed by atoms with Gasteiger partial charge in [-0.25, -0.2) is 4.98 Å². The van der Waals surface area contributed by atoms with E-state index in [0.29, 0.717) is 5.92 Å². The first-order valence-corrected chi connectivity index (χ1v) is 8.58. The predicted molar refractivity (Wildman–Crippen MR) is 79.6 cm³/mol. The summed E-state index contributed by atoms with van der Waals surface area (Å²) in [5.74, 6) is 2.27. The molecule has 2 fully saturated rings. The zero-order valence-corrected chi connectivity index (χ0v) is 12.2. The molecule has 1 heterocycles. The van der Waals surface area contributed by atoms with Crippen molar-refractivity contribution in [1.82, 2.24) is 9.97 Å². The van der Waals surface area contributed by atoms with Gasteiger partial charge >= 0.3 is 0 Å². The fourth-order valence-corrected chi connectivity index (χ4v) is 4.48. The minimum atomic E-state index is 0.0268. The molecule has 2 saturated carbocycles. The minimum Gasteiger partial charge on any atom is -0.310 e. The first-order valence-electron chi connectivity index (χ1n) is 7.53. The first kappa shape index (κ1) is 13.2. The van der Waals surface area contributed by atoms with Gasteiger partial charge in [0.25, 0.3) is 5.56 Å². The Bertz CT molecular complexity index is 473. The Morgan fingerprint density at radius 3 is 2.58 bits per heavy atom. The van der Waals surface area contributed by atoms with Gasteiger partial charge in [0.2, 0.25) is 0 Å². The molecular weight excluding hydrogens is 256 g/mol. The summed E-state index contributed by atoms with van der Waals surface area (Å²) in [5.41, 5.74) is 1.06. The Morgan fingerprint density at radius 1 is 1.16 bits per heavy atom. The van der Waals surface area contributed by atoms with E-state index in [4.69, 9.17) is 4.98 Å². The van der Waals surface area contributed by atoms with Crippen molar-refractivity contribution in [3.63, 3.8) is 0 Å². The van der Waals surface area contributed by atoms with E-state index in [-0.39, 0.29) is 5.56 Å². The fraction of sp³-hybridized carbons (Fsp3) is 0.733. The van der Waals surface area contributed by atoms with Crippen molar-refractivity contribution >= 4 is 11.8 Å². The number of aromatic amines is 1. The lowest BCUT2D eigenvalue weighted by Gasteiger charge is -2.11. The van der Waals surface area contributed by atoms with Crippen LogP contribution in [0.5, 0.6) is 0 Å². The zero-order chi connectivity index (χ0) is 13.1. The van der Waals surface area contributed by atoms with Crippen molar-refractivity contribution in [2.24, 2.45) is 0 Å². The SMILES string of the molecule is O=c1cc(C2CCCC2)nc(CSC2CCCC2)[nH]1. The third kappa shape index (κ3) is 3.41. The van der Waals surface area contributed by atoms with Gasteiger partial charge in [0, 0.05) is 17.2 Å². The molecule has 0 aliphatic heterocycles. The summed E-state index contributed by atoms with van der Waals surface area (Å²) in [7, 11) is 0. The molecule has 0 amide bonds. The topological polar surface area (TPSA) is 45.8 Å². The largest absolute Gasteiger partial charge is 0.310 e. The molecule has 1 aromatic heterocycles. The van der Waals surface area contributed by atoms with Crippen molar-refractivity contribution in [3.8, 4) is 0 Å². The van der Waals surface area contributed by atoms with Crippen LogP contribution in [0.2, 0.25) is 0 Å². The van der Waals surface area contributed by atoms with Gasteiger partial charge < -0.3 is 4.98 Å². The normalized spacial score (nSPS) is 21.3. The van der Waals surface area contributed by atoms with Crippen LogP contribution in [0.15, 0.2) is 10.9 Å². The smallest absolute Gasteiger partial charge is 0.251 e. The van der Waals surface area contributed by atoms with Gasteiger partial charge in [0.15, 0.2) is 0 Å². The standard InChI is InChI=1S/C15H22N2OS/c18-15-9-13(11-5-1-2-6-11)16-14(17-15)10-19-12-7-3-4-8-12/h9,11-12H,1-8,10H2,(H,16,17,18). The highest BCUT2D eigenvalue weighted by Gasteiger charge is 2.20. The number of hydrogen-bond donors (Lipinski definition) is 1. The van der Waals surface area contributed by atoms with Crippen LogP contribution in [-0.2, 0) is 5.75 Å². The van der Waals surface area contributed by atoms with E-state index in [1.54, 1.807) is 6.07 Å². The lowest BCUT2D eigenvalue weighted by molar-refractivity contribution is 0.685. The van der Waals surface area contributed by atoms with Crippen LogP contribution in [0.3, 0.4) is 0 Å². The molecule has 0 bridgehead atoms. The van der Waals surface area contributed by atoms with Crippen LogP contribution in [-0.4, -0.2) is 15.2 Å². The minimum absolute atomic E-state index is 0.0268. The third-order valence-corrected chi connectivity index (χ3v) is 5.72. The van der Waals surface area contributed by atoms with Crippen LogP contribution in [0.25, 0.3) is 0 Å². The van der Waals surface area contributed by atoms with Crippen LogP contribution in [0.1, 0.15) is 68.8 Å². The molecule has 0 saturated heterocycles. The molecule has 19 heavy (non-hydrogen) atoms. The van der Waals surface area contributed by atoms with Crippen LogP contribution >= 0.6 is 11.8 Å². The lowest BCUT2D eigenvalue weighted by atomic mass is 10.0. The molecule has 3 nitrogen and oxygen atoms in total. The van der Waals surface area contributed by atoms with Crippen molar-refractivity contribution < 1.29 is 0 Å². The zero-order valence-electron chi connectivity index (χ0n) is 11.4. The highest BCUT2D eigenvalue weighted by atomic mass is 32.2. The van der Waals surface area contributed by atoms with Crippen molar-refractivity contribution in [2.45, 2.75) is 68.3 Å². The first-order chi connectivity index (χ1) is 9.31. The number of rotatable bonds is 4. The monoisotopic (exact) mass is 278 g/mol. The van der Waals surface area contributed by atoms with E-state index in [1.807, 2.05) is 11.8 Å². The van der Waals surface area contributed by atoms with Crippen molar-refractivity contribution in [3.05, 3.63) is 27.9 Å². The van der Waals surface area contributed by atoms with E-state index >= 15 is 0 Å². The summed E-state index contributed by atoms with van der Waals surface area (Å²) >= 11 is 1.96. The van der Waals surface area contributed by atoms with Gasteiger partial charge in [-0.05, 0) is 25.7 Å². The maximum absolute atomic E-state index is 11.8. The molecular formula is C15H22N2OS. The third-order valence-electron chi connectivity index (χ3n) is 4.34. The molecule has 4 heteroatoms. The Balaban J connectivity index is 1.68. The second kappa shape index (κ2) is 6.12. The second-order valence-electron chi connectivity index (χ2n) is 5.82. The molecule has 2 aliphatic carbocycles. The van der Waals surface area contributed by atoms with Gasteiger partial charge in [-0.3, -0.25) is 4.79 Å². The summed E-state index contributed by atoms with van der Waals surface area (Å²) in [6.07, 6.45) is 10.4. The number of aromatic nitrogens is 2. The van der Waals surface area contributed by atoms with Crippen molar-refractivity contribution in [1.29, 1.82) is 0 Å². The number of nitrogens with zero attached hydrogens (tertiary/aromatic N) is 1. The molecule has 0 atom stereocenters. The number of nitrogens with one attached hydrogen (secondary N) is 1. The lowest BCUT2D eigenvalue weighted by Crippen LogP contribution is -2.14. The van der Waals surface area contributed by atoms with Gasteiger partial charge in [0.05, 0.1) is 11.4 Å². The van der Waals surface area contributed by atoms with Crippen LogP contribution in [0, 0.1) is 0 Å². The molecule has 0 radical (unpaired) electrons. The molecule has 0 unspecified atom stereocenters. The van der Waals surface area contributed by atoms with Gasteiger partial charge in [0.1, 0.15) is 5.82 Å². The van der Waals surface area contributed by atoms with E-state index in [1.165, 1.54) is 51.4 Å². The summed E-state index contributed by atoms with van der Waals surface area (Å²) in [6, 6.07) is 1.71. The van der Waals surface area contributed by atoms with E-state index < -0.39 is 0 Å². The van der Waals surface area contributed by atoms with E-state index in [9.17, 15) is 4.79 Å². The highest BCUT2D eigenvalue weighted by Crippen LogP contribution is 2.33.